The van der Waals surface area contributed by atoms with Gasteiger partial charge < -0.3 is 4.90 Å². The maximum Gasteiger partial charge on any atom is 0.178 e. The second kappa shape index (κ2) is 6.93. The van der Waals surface area contributed by atoms with Crippen molar-refractivity contribution in [3.8, 4) is 0 Å². The molecule has 2 aromatic heterocycles. The van der Waals surface area contributed by atoms with Crippen molar-refractivity contribution >= 4 is 34.7 Å². The highest BCUT2D eigenvalue weighted by molar-refractivity contribution is 6.42. The van der Waals surface area contributed by atoms with Crippen molar-refractivity contribution in [2.75, 3.05) is 31.1 Å². The third kappa shape index (κ3) is 3.37. The summed E-state index contributed by atoms with van der Waals surface area (Å²) < 4.78 is 1.92. The summed E-state index contributed by atoms with van der Waals surface area (Å²) in [6.07, 6.45) is 2.38. The summed E-state index contributed by atoms with van der Waals surface area (Å²) in [7, 11) is 0. The lowest BCUT2D eigenvalue weighted by Gasteiger charge is -2.35. The molecule has 0 N–H and O–H groups in total. The quantitative estimate of drug-likeness (QED) is 0.666. The molecule has 1 saturated carbocycles. The number of hydrogen-bond acceptors (Lipinski definition) is 5. The maximum atomic E-state index is 6.33. The Labute approximate surface area is 167 Å². The van der Waals surface area contributed by atoms with E-state index in [0.717, 1.165) is 55.6 Å². The van der Waals surface area contributed by atoms with E-state index in [1.165, 1.54) is 12.8 Å². The predicted molar refractivity (Wildman–Crippen MR) is 107 cm³/mol. The van der Waals surface area contributed by atoms with E-state index in [2.05, 4.69) is 20.0 Å². The number of rotatable bonds is 4. The largest absolute Gasteiger partial charge is 0.353 e. The van der Waals surface area contributed by atoms with Crippen molar-refractivity contribution in [1.82, 2.24) is 24.7 Å². The Hall–Kier alpha value is -1.89. The van der Waals surface area contributed by atoms with Crippen LogP contribution >= 0.6 is 23.2 Å². The Morgan fingerprint density at radius 2 is 1.78 bits per heavy atom. The zero-order valence-electron chi connectivity index (χ0n) is 14.9. The van der Waals surface area contributed by atoms with Crippen LogP contribution in [-0.2, 0) is 6.54 Å². The van der Waals surface area contributed by atoms with Crippen LogP contribution in [0, 0.1) is 0 Å². The number of fused-ring (bicyclic) bond motifs is 1. The summed E-state index contributed by atoms with van der Waals surface area (Å²) in [5, 5.41) is 14.7. The van der Waals surface area contributed by atoms with Gasteiger partial charge in [-0.25, -0.2) is 0 Å². The Morgan fingerprint density at radius 1 is 0.963 bits per heavy atom. The van der Waals surface area contributed by atoms with Gasteiger partial charge >= 0.3 is 0 Å². The highest BCUT2D eigenvalue weighted by Gasteiger charge is 2.29. The lowest BCUT2D eigenvalue weighted by atomic mass is 10.2. The number of hydrogen-bond donors (Lipinski definition) is 0. The first-order chi connectivity index (χ1) is 13.2. The van der Waals surface area contributed by atoms with Gasteiger partial charge in [-0.05, 0) is 36.6 Å². The van der Waals surface area contributed by atoms with E-state index < -0.39 is 0 Å². The van der Waals surface area contributed by atoms with E-state index in [1.807, 2.05) is 34.8 Å². The average molecular weight is 403 g/mol. The number of nitrogens with zero attached hydrogens (tertiary/aromatic N) is 6. The van der Waals surface area contributed by atoms with E-state index in [0.29, 0.717) is 16.0 Å². The molecule has 2 aliphatic rings. The molecule has 140 valence electrons. The second-order valence-corrected chi connectivity index (χ2v) is 8.06. The molecular formula is C19H20Cl2N6. The van der Waals surface area contributed by atoms with Gasteiger partial charge in [0.2, 0.25) is 0 Å². The predicted octanol–water partition coefficient (Wildman–Crippen LogP) is 3.63. The lowest BCUT2D eigenvalue weighted by Crippen LogP contribution is -2.46. The Morgan fingerprint density at radius 3 is 2.56 bits per heavy atom. The topological polar surface area (TPSA) is 49.6 Å². The van der Waals surface area contributed by atoms with Gasteiger partial charge in [-0.15, -0.1) is 15.3 Å². The molecule has 27 heavy (non-hydrogen) atoms. The molecule has 0 spiro atoms. The minimum atomic E-state index is 0.530. The smallest absolute Gasteiger partial charge is 0.178 e. The van der Waals surface area contributed by atoms with Gasteiger partial charge in [0, 0.05) is 38.6 Å². The first-order valence-corrected chi connectivity index (χ1v) is 10.1. The van der Waals surface area contributed by atoms with Crippen LogP contribution in [0.4, 0.5) is 5.82 Å². The molecule has 1 aliphatic carbocycles. The summed E-state index contributed by atoms with van der Waals surface area (Å²) in [6.45, 7) is 4.59. The molecule has 2 fully saturated rings. The van der Waals surface area contributed by atoms with Crippen molar-refractivity contribution in [3.63, 3.8) is 0 Å². The van der Waals surface area contributed by atoms with E-state index >= 15 is 0 Å². The number of aromatic nitrogens is 4. The minimum Gasteiger partial charge on any atom is -0.353 e. The molecule has 0 bridgehead atoms. The highest BCUT2D eigenvalue weighted by atomic mass is 35.5. The van der Waals surface area contributed by atoms with Gasteiger partial charge in [0.15, 0.2) is 11.5 Å². The van der Waals surface area contributed by atoms with Gasteiger partial charge in [0.05, 0.1) is 10.0 Å². The fourth-order valence-corrected chi connectivity index (χ4v) is 3.99. The summed E-state index contributed by atoms with van der Waals surface area (Å²) in [6, 6.07) is 9.88. The van der Waals surface area contributed by atoms with Crippen LogP contribution < -0.4 is 4.90 Å². The molecule has 0 atom stereocenters. The SMILES string of the molecule is Clc1cccc(CN2CCN(c3ccc4nnc(C5CC5)n4n3)CC2)c1Cl. The second-order valence-electron chi connectivity index (χ2n) is 7.27. The van der Waals surface area contributed by atoms with Crippen molar-refractivity contribution in [1.29, 1.82) is 0 Å². The fraction of sp³-hybridized carbons (Fsp3) is 0.421. The molecule has 6 nitrogen and oxygen atoms in total. The van der Waals surface area contributed by atoms with Gasteiger partial charge in [-0.3, -0.25) is 4.90 Å². The van der Waals surface area contributed by atoms with E-state index in [-0.39, 0.29) is 0 Å². The molecule has 3 aromatic rings. The van der Waals surface area contributed by atoms with E-state index in [1.54, 1.807) is 0 Å². The van der Waals surface area contributed by atoms with Crippen LogP contribution in [0.5, 0.6) is 0 Å². The monoisotopic (exact) mass is 402 g/mol. The molecule has 1 aliphatic heterocycles. The standard InChI is InChI=1S/C19H20Cl2N6/c20-15-3-1-2-14(18(15)21)12-25-8-10-26(11-9-25)17-7-6-16-22-23-19(13-4-5-13)27(16)24-17/h1-3,6-7,13H,4-5,8-12H2. The molecule has 0 unspecified atom stereocenters. The Bertz CT molecular complexity index is 975. The molecule has 1 aromatic carbocycles. The number of benzene rings is 1. The first kappa shape index (κ1) is 17.2. The molecule has 1 saturated heterocycles. The molecular weight excluding hydrogens is 383 g/mol. The van der Waals surface area contributed by atoms with Crippen LogP contribution in [0.15, 0.2) is 30.3 Å². The van der Waals surface area contributed by atoms with Crippen LogP contribution in [0.25, 0.3) is 5.65 Å². The van der Waals surface area contributed by atoms with Crippen LogP contribution in [0.2, 0.25) is 10.0 Å². The number of anilines is 1. The molecule has 0 amide bonds. The van der Waals surface area contributed by atoms with Gasteiger partial charge in [-0.2, -0.15) is 4.52 Å². The zero-order chi connectivity index (χ0) is 18.4. The Balaban J connectivity index is 1.28. The van der Waals surface area contributed by atoms with Crippen molar-refractivity contribution in [2.45, 2.75) is 25.3 Å². The van der Waals surface area contributed by atoms with Gasteiger partial charge in [-0.1, -0.05) is 35.3 Å². The molecule has 5 rings (SSSR count). The molecule has 8 heteroatoms. The van der Waals surface area contributed by atoms with Crippen LogP contribution in [-0.4, -0.2) is 50.9 Å². The van der Waals surface area contributed by atoms with Gasteiger partial charge in [0.25, 0.3) is 0 Å². The first-order valence-electron chi connectivity index (χ1n) is 9.31. The average Bonchev–Trinajstić information content (AvgIpc) is 3.45. The zero-order valence-corrected chi connectivity index (χ0v) is 16.4. The third-order valence-corrected chi connectivity index (χ3v) is 6.20. The summed E-state index contributed by atoms with van der Waals surface area (Å²) in [5.41, 5.74) is 1.91. The van der Waals surface area contributed by atoms with Crippen molar-refractivity contribution in [3.05, 3.63) is 51.8 Å². The van der Waals surface area contributed by atoms with Crippen molar-refractivity contribution < 1.29 is 0 Å². The molecule has 0 radical (unpaired) electrons. The van der Waals surface area contributed by atoms with Gasteiger partial charge in [0.1, 0.15) is 5.82 Å². The maximum absolute atomic E-state index is 6.33. The Kier molecular flexibility index (Phi) is 4.42. The number of piperazine rings is 1. The normalized spacial score (nSPS) is 18.4. The van der Waals surface area contributed by atoms with E-state index in [9.17, 15) is 0 Å². The van der Waals surface area contributed by atoms with Crippen LogP contribution in [0.1, 0.15) is 30.1 Å². The lowest BCUT2D eigenvalue weighted by molar-refractivity contribution is 0.249. The van der Waals surface area contributed by atoms with Crippen molar-refractivity contribution in [2.24, 2.45) is 0 Å². The highest BCUT2D eigenvalue weighted by Crippen LogP contribution is 2.38. The minimum absolute atomic E-state index is 0.530. The number of halogens is 2. The van der Waals surface area contributed by atoms with E-state index in [4.69, 9.17) is 28.3 Å². The van der Waals surface area contributed by atoms with Crippen LogP contribution in [0.3, 0.4) is 0 Å². The molecule has 3 heterocycles. The summed E-state index contributed by atoms with van der Waals surface area (Å²) >= 11 is 12.5. The summed E-state index contributed by atoms with van der Waals surface area (Å²) in [5.74, 6) is 2.52. The summed E-state index contributed by atoms with van der Waals surface area (Å²) in [4.78, 5) is 4.73. The fourth-order valence-electron chi connectivity index (χ4n) is 3.61. The third-order valence-electron chi connectivity index (χ3n) is 5.34.